The molecule has 0 atom stereocenters. The highest BCUT2D eigenvalue weighted by molar-refractivity contribution is 7.00. The van der Waals surface area contributed by atoms with Gasteiger partial charge in [0.1, 0.15) is 0 Å². The van der Waals surface area contributed by atoms with Gasteiger partial charge in [-0.3, -0.25) is 0 Å². The van der Waals surface area contributed by atoms with Crippen LogP contribution < -0.4 is 26.2 Å². The monoisotopic (exact) mass is 1020 g/mol. The average molecular weight is 1020 g/mol. The Labute approximate surface area is 467 Å². The van der Waals surface area contributed by atoms with Crippen molar-refractivity contribution in [2.45, 2.75) is 136 Å². The third-order valence-electron chi connectivity index (χ3n) is 18.7. The summed E-state index contributed by atoms with van der Waals surface area (Å²) in [6, 6.07) is 77.1. The van der Waals surface area contributed by atoms with E-state index in [1.54, 1.807) is 0 Å². The zero-order valence-corrected chi connectivity index (χ0v) is 48.5. The van der Waals surface area contributed by atoms with Crippen LogP contribution >= 0.6 is 0 Å². The summed E-state index contributed by atoms with van der Waals surface area (Å²) in [4.78, 5) is 5.37. The minimum Gasteiger partial charge on any atom is -0.311 e. The zero-order chi connectivity index (χ0) is 54.7. The fourth-order valence-corrected chi connectivity index (χ4v) is 13.3. The van der Waals surface area contributed by atoms with Gasteiger partial charge < -0.3 is 9.80 Å². The van der Waals surface area contributed by atoms with Gasteiger partial charge in [0.05, 0.1) is 5.69 Å². The van der Waals surface area contributed by atoms with Crippen LogP contribution in [-0.2, 0) is 27.1 Å². The van der Waals surface area contributed by atoms with Crippen molar-refractivity contribution in [1.29, 1.82) is 0 Å². The van der Waals surface area contributed by atoms with Crippen LogP contribution in [0.4, 0.5) is 34.1 Å². The van der Waals surface area contributed by atoms with Crippen LogP contribution in [0.3, 0.4) is 0 Å². The van der Waals surface area contributed by atoms with E-state index in [0.29, 0.717) is 0 Å². The Morgan fingerprint density at radius 2 is 0.897 bits per heavy atom. The van der Waals surface area contributed by atoms with Crippen LogP contribution in [0.15, 0.2) is 200 Å². The van der Waals surface area contributed by atoms with E-state index in [1.807, 2.05) is 0 Å². The molecule has 0 radical (unpaired) electrons. The van der Waals surface area contributed by atoms with E-state index in [-0.39, 0.29) is 39.7 Å². The van der Waals surface area contributed by atoms with Crippen LogP contribution in [0.5, 0.6) is 0 Å². The second kappa shape index (κ2) is 18.7. The number of hydrogen-bond acceptors (Lipinski definition) is 2. The van der Waals surface area contributed by atoms with Gasteiger partial charge in [-0.2, -0.15) is 0 Å². The number of hydrogen-bond donors (Lipinski definition) is 0. The Hall–Kier alpha value is -7.36. The lowest BCUT2D eigenvalue weighted by Crippen LogP contribution is -2.62. The topological polar surface area (TPSA) is 6.48 Å². The zero-order valence-electron chi connectivity index (χ0n) is 48.5. The van der Waals surface area contributed by atoms with Crippen molar-refractivity contribution in [3.05, 3.63) is 245 Å². The number of benzene rings is 9. The molecule has 0 saturated heterocycles. The van der Waals surface area contributed by atoms with Crippen molar-refractivity contribution in [3.8, 4) is 22.3 Å². The molecule has 9 aromatic carbocycles. The SMILES string of the molecule is CC(C)c1cc2c3c(c1)N(c1ccc(C(C)(C)C)cc1-c1ccc(-c4ccccc4)cc1)c1cc4c(cc1B3c1ccc(C(C)(C)c3ccccc3)cc1N2c1cccc(C(C)(C)c2ccccc2)c1)C(C)(C)CCC4(C)C. The standard InChI is InChI=1S/C75H77BN2/c1-49(2)53-42-68-70-69(43-53)78(65-39-37-56(71(3,4)5)45-60(65)52-34-32-51(33-35-52)50-24-17-14-18-25-50)67-48-62-61(72(6,7)40-41-73(62,8)9)47-64(67)76(70)63-38-36-58(75(12,13)55-28-21-16-22-29-55)46-66(63)77(68)59-31-23-30-57(44-59)74(10,11)54-26-19-15-20-27-54/h14-39,42-49H,40-41H2,1-13H3. The molecular formula is C75H77BN2. The van der Waals surface area contributed by atoms with E-state index in [9.17, 15) is 0 Å². The molecule has 0 N–H and O–H groups in total. The van der Waals surface area contributed by atoms with E-state index in [0.717, 1.165) is 12.8 Å². The molecule has 0 unspecified atom stereocenters. The predicted octanol–water partition coefficient (Wildman–Crippen LogP) is 18.5. The molecule has 2 nitrogen and oxygen atoms in total. The van der Waals surface area contributed by atoms with Crippen LogP contribution in [0, 0.1) is 0 Å². The highest BCUT2D eigenvalue weighted by Crippen LogP contribution is 2.53. The number of anilines is 6. The fourth-order valence-electron chi connectivity index (χ4n) is 13.3. The van der Waals surface area contributed by atoms with E-state index < -0.39 is 0 Å². The molecule has 2 aliphatic heterocycles. The lowest BCUT2D eigenvalue weighted by atomic mass is 9.33. The van der Waals surface area contributed by atoms with Gasteiger partial charge in [-0.15, -0.1) is 0 Å². The molecule has 1 aliphatic carbocycles. The molecule has 0 fully saturated rings. The summed E-state index contributed by atoms with van der Waals surface area (Å²) in [5, 5.41) is 0. The molecule has 0 aromatic heterocycles. The van der Waals surface area contributed by atoms with Crippen LogP contribution in [-0.4, -0.2) is 6.71 Å². The van der Waals surface area contributed by atoms with Crippen molar-refractivity contribution in [3.63, 3.8) is 0 Å². The number of fused-ring (bicyclic) bond motifs is 5. The quantitative estimate of drug-likeness (QED) is 0.133. The largest absolute Gasteiger partial charge is 0.311 e. The highest BCUT2D eigenvalue weighted by atomic mass is 15.2. The molecule has 0 amide bonds. The second-order valence-corrected chi connectivity index (χ2v) is 26.7. The first kappa shape index (κ1) is 51.4. The Bertz CT molecular complexity index is 3740. The minimum atomic E-state index is -0.255. The summed E-state index contributed by atoms with van der Waals surface area (Å²) in [5.74, 6) is 0.264. The van der Waals surface area contributed by atoms with Gasteiger partial charge in [0.15, 0.2) is 0 Å². The normalized spacial score (nSPS) is 15.4. The van der Waals surface area contributed by atoms with E-state index >= 15 is 0 Å². The van der Waals surface area contributed by atoms with Gasteiger partial charge in [0.25, 0.3) is 6.71 Å². The third kappa shape index (κ3) is 8.55. The van der Waals surface area contributed by atoms with Crippen molar-refractivity contribution in [1.82, 2.24) is 0 Å². The van der Waals surface area contributed by atoms with Crippen LogP contribution in [0.2, 0.25) is 0 Å². The molecule has 0 spiro atoms. The van der Waals surface area contributed by atoms with Gasteiger partial charge in [-0.1, -0.05) is 242 Å². The van der Waals surface area contributed by atoms with Gasteiger partial charge in [-0.05, 0) is 161 Å². The van der Waals surface area contributed by atoms with Gasteiger partial charge >= 0.3 is 0 Å². The fraction of sp³-hybridized carbons (Fsp3) is 0.280. The molecule has 0 saturated carbocycles. The molecule has 3 heteroatoms. The molecule has 12 rings (SSSR count). The minimum absolute atomic E-state index is 0.000694. The summed E-state index contributed by atoms with van der Waals surface area (Å²) in [7, 11) is 0. The Balaban J connectivity index is 1.18. The Morgan fingerprint density at radius 3 is 1.49 bits per heavy atom. The van der Waals surface area contributed by atoms with Gasteiger partial charge in [-0.25, -0.2) is 0 Å². The summed E-state index contributed by atoms with van der Waals surface area (Å²) in [6.45, 7) is 31.2. The highest BCUT2D eigenvalue weighted by Gasteiger charge is 2.47. The summed E-state index contributed by atoms with van der Waals surface area (Å²) in [5.41, 5.74) is 26.7. The van der Waals surface area contributed by atoms with Crippen LogP contribution in [0.25, 0.3) is 22.3 Å². The maximum Gasteiger partial charge on any atom is 0.252 e. The molecular weight excluding hydrogens is 940 g/mol. The summed E-state index contributed by atoms with van der Waals surface area (Å²) in [6.07, 6.45) is 2.29. The Kier molecular flexibility index (Phi) is 12.3. The molecule has 9 aromatic rings. The first-order chi connectivity index (χ1) is 37.1. The van der Waals surface area contributed by atoms with E-state index in [1.165, 1.54) is 117 Å². The lowest BCUT2D eigenvalue weighted by Gasteiger charge is -2.48. The van der Waals surface area contributed by atoms with Gasteiger partial charge in [0.2, 0.25) is 0 Å². The Morgan fingerprint density at radius 1 is 0.397 bits per heavy atom. The van der Waals surface area contributed by atoms with Crippen molar-refractivity contribution < 1.29 is 0 Å². The third-order valence-corrected chi connectivity index (χ3v) is 18.7. The first-order valence-electron chi connectivity index (χ1n) is 28.8. The smallest absolute Gasteiger partial charge is 0.252 e. The molecule has 0 bridgehead atoms. The molecule has 390 valence electrons. The maximum absolute atomic E-state index is 2.71. The summed E-state index contributed by atoms with van der Waals surface area (Å²) < 4.78 is 0. The van der Waals surface area contributed by atoms with Crippen molar-refractivity contribution >= 4 is 57.2 Å². The molecule has 2 heterocycles. The van der Waals surface area contributed by atoms with E-state index in [4.69, 9.17) is 0 Å². The number of nitrogens with zero attached hydrogens (tertiary/aromatic N) is 2. The number of rotatable bonds is 9. The van der Waals surface area contributed by atoms with Gasteiger partial charge in [0, 0.05) is 44.8 Å². The lowest BCUT2D eigenvalue weighted by molar-refractivity contribution is 0.332. The van der Waals surface area contributed by atoms with Crippen molar-refractivity contribution in [2.75, 3.05) is 9.80 Å². The first-order valence-corrected chi connectivity index (χ1v) is 28.8. The van der Waals surface area contributed by atoms with Crippen LogP contribution in [0.1, 0.15) is 153 Å². The molecule has 78 heavy (non-hydrogen) atoms. The predicted molar refractivity (Wildman–Crippen MR) is 337 cm³/mol. The maximum atomic E-state index is 2.71. The molecule has 3 aliphatic rings. The average Bonchev–Trinajstić information content (AvgIpc) is 3.11. The van der Waals surface area contributed by atoms with Crippen molar-refractivity contribution in [2.24, 2.45) is 0 Å². The summed E-state index contributed by atoms with van der Waals surface area (Å²) >= 11 is 0. The van der Waals surface area contributed by atoms with E-state index in [2.05, 4.69) is 300 Å². The second-order valence-electron chi connectivity index (χ2n) is 26.7.